The highest BCUT2D eigenvalue weighted by atomic mass is 19.4. The fourth-order valence-electron chi connectivity index (χ4n) is 4.30. The van der Waals surface area contributed by atoms with Crippen LogP contribution in [-0.4, -0.2) is 42.3 Å². The number of hydrogen-bond acceptors (Lipinski definition) is 4. The lowest BCUT2D eigenvalue weighted by Crippen LogP contribution is -2.46. The number of morpholine rings is 1. The van der Waals surface area contributed by atoms with Gasteiger partial charge >= 0.3 is 12.1 Å². The Hall–Kier alpha value is -3.07. The van der Waals surface area contributed by atoms with Crippen molar-refractivity contribution in [3.05, 3.63) is 76.4 Å². The molecular formula is C23H22F4N2O3. The topological polar surface area (TPSA) is 53.0 Å². The molecule has 0 aromatic heterocycles. The first kappa shape index (κ1) is 22.1. The van der Waals surface area contributed by atoms with E-state index in [1.54, 1.807) is 17.9 Å². The zero-order valence-corrected chi connectivity index (χ0v) is 17.3. The minimum Gasteiger partial charge on any atom is -0.478 e. The predicted molar refractivity (Wildman–Crippen MR) is 109 cm³/mol. The van der Waals surface area contributed by atoms with Crippen molar-refractivity contribution in [1.29, 1.82) is 0 Å². The minimum absolute atomic E-state index is 0.0161. The van der Waals surface area contributed by atoms with Gasteiger partial charge in [-0.15, -0.1) is 0 Å². The smallest absolute Gasteiger partial charge is 0.416 e. The Morgan fingerprint density at radius 3 is 2.50 bits per heavy atom. The molecule has 2 aromatic carbocycles. The van der Waals surface area contributed by atoms with Gasteiger partial charge in [-0.3, -0.25) is 0 Å². The number of hydrogen-bond donors (Lipinski definition) is 1. The van der Waals surface area contributed by atoms with Crippen LogP contribution in [0.5, 0.6) is 0 Å². The van der Waals surface area contributed by atoms with E-state index in [0.717, 1.165) is 12.1 Å². The van der Waals surface area contributed by atoms with Gasteiger partial charge in [-0.25, -0.2) is 9.18 Å². The van der Waals surface area contributed by atoms with E-state index in [1.807, 2.05) is 4.90 Å². The number of halogens is 4. The van der Waals surface area contributed by atoms with Crippen LogP contribution in [0.3, 0.4) is 0 Å². The number of carboxylic acid groups (broad SMARTS) is 1. The predicted octanol–water partition coefficient (Wildman–Crippen LogP) is 4.60. The van der Waals surface area contributed by atoms with Crippen molar-refractivity contribution in [3.8, 4) is 0 Å². The van der Waals surface area contributed by atoms with Crippen LogP contribution in [0.1, 0.15) is 29.5 Å². The molecule has 1 unspecified atom stereocenters. The van der Waals surface area contributed by atoms with Crippen molar-refractivity contribution in [2.75, 3.05) is 31.2 Å². The van der Waals surface area contributed by atoms with Crippen molar-refractivity contribution < 1.29 is 32.2 Å². The Balaban J connectivity index is 1.92. The molecule has 0 bridgehead atoms. The highest BCUT2D eigenvalue weighted by Crippen LogP contribution is 2.45. The van der Waals surface area contributed by atoms with Gasteiger partial charge < -0.3 is 19.6 Å². The molecule has 5 nitrogen and oxygen atoms in total. The molecule has 0 amide bonds. The standard InChI is InChI=1S/C23H22F4N2O3/c1-14-18-6-5-16(23(25,26)27)12-19(18)29(13-15-3-2-4-17(24)11-15)21(20(14)22(30)31)28-7-9-32-10-8-28/h2-6,11-12,14H,7-10,13H2,1H3,(H,30,31). The normalized spacial score (nSPS) is 19.2. The van der Waals surface area contributed by atoms with Crippen LogP contribution in [0, 0.1) is 5.82 Å². The molecule has 2 aliphatic heterocycles. The zero-order valence-electron chi connectivity index (χ0n) is 17.3. The Morgan fingerprint density at radius 1 is 1.16 bits per heavy atom. The fourth-order valence-corrected chi connectivity index (χ4v) is 4.30. The fraction of sp³-hybridized carbons (Fsp3) is 0.348. The molecule has 1 fully saturated rings. The lowest BCUT2D eigenvalue weighted by molar-refractivity contribution is -0.137. The summed E-state index contributed by atoms with van der Waals surface area (Å²) >= 11 is 0. The molecule has 0 spiro atoms. The van der Waals surface area contributed by atoms with Gasteiger partial charge in [0.05, 0.1) is 24.4 Å². The molecule has 2 aliphatic rings. The largest absolute Gasteiger partial charge is 0.478 e. The second-order valence-electron chi connectivity index (χ2n) is 7.85. The van der Waals surface area contributed by atoms with Crippen LogP contribution in [-0.2, 0) is 22.3 Å². The van der Waals surface area contributed by atoms with E-state index < -0.39 is 29.4 Å². The average Bonchev–Trinajstić information content (AvgIpc) is 2.75. The molecule has 9 heteroatoms. The summed E-state index contributed by atoms with van der Waals surface area (Å²) < 4.78 is 59.8. The quantitative estimate of drug-likeness (QED) is 0.691. The first-order chi connectivity index (χ1) is 15.2. The maximum Gasteiger partial charge on any atom is 0.416 e. The van der Waals surface area contributed by atoms with Gasteiger partial charge in [0.25, 0.3) is 0 Å². The van der Waals surface area contributed by atoms with Crippen LogP contribution in [0.2, 0.25) is 0 Å². The van der Waals surface area contributed by atoms with Crippen molar-refractivity contribution in [2.24, 2.45) is 0 Å². The summed E-state index contributed by atoms with van der Waals surface area (Å²) in [7, 11) is 0. The molecule has 2 heterocycles. The van der Waals surface area contributed by atoms with Crippen LogP contribution >= 0.6 is 0 Å². The van der Waals surface area contributed by atoms with Crippen molar-refractivity contribution in [3.63, 3.8) is 0 Å². The molecular weight excluding hydrogens is 428 g/mol. The SMILES string of the molecule is CC1C(C(=O)O)=C(N2CCOCC2)N(Cc2cccc(F)c2)c2cc(C(F)(F)F)ccc21. The summed E-state index contributed by atoms with van der Waals surface area (Å²) in [6, 6.07) is 9.09. The van der Waals surface area contributed by atoms with E-state index in [-0.39, 0.29) is 17.8 Å². The van der Waals surface area contributed by atoms with E-state index in [4.69, 9.17) is 4.74 Å². The second kappa shape index (κ2) is 8.46. The highest BCUT2D eigenvalue weighted by Gasteiger charge is 2.39. The third-order valence-corrected chi connectivity index (χ3v) is 5.82. The number of alkyl halides is 3. The van der Waals surface area contributed by atoms with Crippen LogP contribution in [0.25, 0.3) is 0 Å². The van der Waals surface area contributed by atoms with E-state index in [2.05, 4.69) is 0 Å². The molecule has 4 rings (SSSR count). The molecule has 1 N–H and O–H groups in total. The number of carbonyl (C=O) groups is 1. The zero-order chi connectivity index (χ0) is 23.0. The van der Waals surface area contributed by atoms with Gasteiger partial charge in [0.2, 0.25) is 0 Å². The lowest BCUT2D eigenvalue weighted by atomic mass is 9.86. The first-order valence-corrected chi connectivity index (χ1v) is 10.2. The van der Waals surface area contributed by atoms with Gasteiger partial charge in [-0.05, 0) is 35.4 Å². The maximum absolute atomic E-state index is 13.9. The molecule has 0 saturated carbocycles. The molecule has 1 saturated heterocycles. The Bertz CT molecular complexity index is 1060. The summed E-state index contributed by atoms with van der Waals surface area (Å²) in [4.78, 5) is 15.7. The monoisotopic (exact) mass is 450 g/mol. The van der Waals surface area contributed by atoms with E-state index >= 15 is 0 Å². The third kappa shape index (κ3) is 4.17. The van der Waals surface area contributed by atoms with Gasteiger partial charge in [-0.2, -0.15) is 13.2 Å². The maximum atomic E-state index is 13.9. The number of ether oxygens (including phenoxy) is 1. The molecule has 2 aromatic rings. The third-order valence-electron chi connectivity index (χ3n) is 5.82. The van der Waals surface area contributed by atoms with Crippen LogP contribution in [0.4, 0.5) is 23.2 Å². The minimum atomic E-state index is -4.56. The number of benzene rings is 2. The van der Waals surface area contributed by atoms with Crippen molar-refractivity contribution in [1.82, 2.24) is 4.90 Å². The second-order valence-corrected chi connectivity index (χ2v) is 7.85. The Morgan fingerprint density at radius 2 is 1.88 bits per heavy atom. The number of fused-ring (bicyclic) bond motifs is 1. The summed E-state index contributed by atoms with van der Waals surface area (Å²) in [5.41, 5.74) is 0.522. The van der Waals surface area contributed by atoms with E-state index in [0.29, 0.717) is 43.3 Å². The summed E-state index contributed by atoms with van der Waals surface area (Å²) in [5.74, 6) is -1.93. The van der Waals surface area contributed by atoms with Gasteiger partial charge in [0, 0.05) is 31.2 Å². The van der Waals surface area contributed by atoms with Gasteiger partial charge in [0.15, 0.2) is 0 Å². The van der Waals surface area contributed by atoms with Crippen LogP contribution in [0.15, 0.2) is 53.9 Å². The van der Waals surface area contributed by atoms with E-state index in [1.165, 1.54) is 24.3 Å². The van der Waals surface area contributed by atoms with E-state index in [9.17, 15) is 27.5 Å². The molecule has 0 radical (unpaired) electrons. The Labute approximate surface area is 182 Å². The lowest BCUT2D eigenvalue weighted by Gasteiger charge is -2.44. The van der Waals surface area contributed by atoms with Crippen molar-refractivity contribution >= 4 is 11.7 Å². The molecule has 170 valence electrons. The summed E-state index contributed by atoms with van der Waals surface area (Å²) in [5, 5.41) is 10.1. The van der Waals surface area contributed by atoms with Crippen LogP contribution < -0.4 is 4.90 Å². The highest BCUT2D eigenvalue weighted by molar-refractivity contribution is 5.92. The van der Waals surface area contributed by atoms with Gasteiger partial charge in [0.1, 0.15) is 11.6 Å². The Kier molecular flexibility index (Phi) is 5.85. The number of carboxylic acids is 1. The number of rotatable bonds is 4. The average molecular weight is 450 g/mol. The first-order valence-electron chi connectivity index (χ1n) is 10.2. The number of nitrogens with zero attached hydrogens (tertiary/aromatic N) is 2. The molecule has 32 heavy (non-hydrogen) atoms. The molecule has 0 aliphatic carbocycles. The summed E-state index contributed by atoms with van der Waals surface area (Å²) in [6.07, 6.45) is -4.56. The molecule has 1 atom stereocenters. The van der Waals surface area contributed by atoms with Crippen molar-refractivity contribution in [2.45, 2.75) is 25.6 Å². The summed E-state index contributed by atoms with van der Waals surface area (Å²) in [6.45, 7) is 3.22. The number of anilines is 1. The van der Waals surface area contributed by atoms with Gasteiger partial charge in [-0.1, -0.05) is 25.1 Å². The number of aliphatic carboxylic acids is 1.